The molecule has 0 spiro atoms. The first-order chi connectivity index (χ1) is 17.2. The summed E-state index contributed by atoms with van der Waals surface area (Å²) in [5.41, 5.74) is 2.62. The quantitative estimate of drug-likeness (QED) is 0.183. The zero-order chi connectivity index (χ0) is 23.6. The van der Waals surface area contributed by atoms with E-state index in [9.17, 15) is 0 Å². The fraction of sp³-hybridized carbons (Fsp3) is 0. The second-order valence-electron chi connectivity index (χ2n) is 9.16. The van der Waals surface area contributed by atoms with Crippen LogP contribution in [0.25, 0.3) is 32.7 Å². The fourth-order valence-corrected chi connectivity index (χ4v) is 12.0. The molecule has 166 valence electrons. The second kappa shape index (κ2) is 7.83. The molecule has 7 rings (SSSR count). The van der Waals surface area contributed by atoms with Gasteiger partial charge in [0.05, 0.1) is 0 Å². The van der Waals surface area contributed by atoms with Crippen molar-refractivity contribution in [3.63, 3.8) is 0 Å². The van der Waals surface area contributed by atoms with E-state index in [1.807, 2.05) is 12.1 Å². The zero-order valence-corrected chi connectivity index (χ0v) is 21.3. The van der Waals surface area contributed by atoms with Gasteiger partial charge in [-0.2, -0.15) is 0 Å². The molecule has 0 amide bonds. The highest BCUT2D eigenvalue weighted by Crippen LogP contribution is 2.40. The third-order valence-electron chi connectivity index (χ3n) is 7.43. The number of hydrogen-bond donors (Lipinski definition) is 0. The lowest BCUT2D eigenvalue weighted by Crippen LogP contribution is -2.73. The van der Waals surface area contributed by atoms with Gasteiger partial charge in [0.25, 0.3) is 0 Å². The SMILES string of the molecule is Clc1ccc2c(c1)[Si](c1ccccc1)(c1ccccc1)c1c-2c2ccccc2c2cc(Cl)ccc12. The minimum absolute atomic E-state index is 0.757. The van der Waals surface area contributed by atoms with Crippen LogP contribution < -0.4 is 20.7 Å². The van der Waals surface area contributed by atoms with Crippen LogP contribution in [0.4, 0.5) is 0 Å². The Kier molecular flexibility index (Phi) is 4.69. The lowest BCUT2D eigenvalue weighted by molar-refractivity contribution is 1.70. The van der Waals surface area contributed by atoms with Crippen LogP contribution in [-0.2, 0) is 0 Å². The van der Waals surface area contributed by atoms with Crippen LogP contribution in [0.1, 0.15) is 0 Å². The predicted octanol–water partition coefficient (Wildman–Crippen LogP) is 6.66. The summed E-state index contributed by atoms with van der Waals surface area (Å²) in [5.74, 6) is 0. The first-order valence-corrected chi connectivity index (χ1v) is 14.5. The van der Waals surface area contributed by atoms with Crippen molar-refractivity contribution < 1.29 is 0 Å². The van der Waals surface area contributed by atoms with Gasteiger partial charge < -0.3 is 0 Å². The summed E-state index contributed by atoms with van der Waals surface area (Å²) in [4.78, 5) is 0. The van der Waals surface area contributed by atoms with Crippen LogP contribution in [-0.4, -0.2) is 8.07 Å². The smallest absolute Gasteiger partial charge is 0.0843 e. The normalized spacial score (nSPS) is 13.7. The van der Waals surface area contributed by atoms with Crippen molar-refractivity contribution in [3.8, 4) is 11.1 Å². The molecule has 6 aromatic carbocycles. The minimum Gasteiger partial charge on any atom is -0.0843 e. The van der Waals surface area contributed by atoms with Gasteiger partial charge in [-0.25, -0.2) is 0 Å². The molecule has 0 fully saturated rings. The van der Waals surface area contributed by atoms with Gasteiger partial charge in [0, 0.05) is 10.0 Å². The summed E-state index contributed by atoms with van der Waals surface area (Å²) < 4.78 is 0. The second-order valence-corrected chi connectivity index (χ2v) is 13.7. The molecule has 35 heavy (non-hydrogen) atoms. The van der Waals surface area contributed by atoms with E-state index in [0.717, 1.165) is 10.0 Å². The van der Waals surface area contributed by atoms with Crippen LogP contribution in [0.3, 0.4) is 0 Å². The number of halogens is 2. The maximum atomic E-state index is 6.73. The molecule has 0 saturated heterocycles. The molecule has 0 N–H and O–H groups in total. The van der Waals surface area contributed by atoms with Crippen LogP contribution in [0.15, 0.2) is 121 Å². The first-order valence-electron chi connectivity index (χ1n) is 11.8. The van der Waals surface area contributed by atoms with E-state index in [2.05, 4.69) is 109 Å². The van der Waals surface area contributed by atoms with E-state index in [1.165, 1.54) is 53.4 Å². The molecule has 1 heterocycles. The summed E-state index contributed by atoms with van der Waals surface area (Å²) in [6, 6.07) is 43.7. The molecule has 0 nitrogen and oxygen atoms in total. The van der Waals surface area contributed by atoms with E-state index >= 15 is 0 Å². The molecular weight excluding hydrogens is 483 g/mol. The Morgan fingerprint density at radius 2 is 1.03 bits per heavy atom. The first kappa shape index (κ1) is 21.0. The number of fused-ring (bicyclic) bond motifs is 8. The molecule has 0 atom stereocenters. The van der Waals surface area contributed by atoms with E-state index < -0.39 is 8.07 Å². The van der Waals surface area contributed by atoms with E-state index in [-0.39, 0.29) is 0 Å². The van der Waals surface area contributed by atoms with Crippen molar-refractivity contribution in [2.45, 2.75) is 0 Å². The molecule has 0 aliphatic carbocycles. The average Bonchev–Trinajstić information content (AvgIpc) is 3.21. The van der Waals surface area contributed by atoms with Crippen LogP contribution >= 0.6 is 23.2 Å². The summed E-state index contributed by atoms with van der Waals surface area (Å²) >= 11 is 13.3. The Hall–Kier alpha value is -3.36. The molecule has 0 bridgehead atoms. The molecule has 0 unspecified atom stereocenters. The monoisotopic (exact) mass is 502 g/mol. The van der Waals surface area contributed by atoms with Crippen LogP contribution in [0.5, 0.6) is 0 Å². The molecule has 0 aromatic heterocycles. The Morgan fingerprint density at radius 3 is 1.71 bits per heavy atom. The third kappa shape index (κ3) is 2.87. The highest BCUT2D eigenvalue weighted by molar-refractivity contribution is 7.23. The number of hydrogen-bond acceptors (Lipinski definition) is 0. The zero-order valence-electron chi connectivity index (χ0n) is 18.8. The summed E-state index contributed by atoms with van der Waals surface area (Å²) in [6.07, 6.45) is 0. The van der Waals surface area contributed by atoms with Gasteiger partial charge in [-0.15, -0.1) is 0 Å². The van der Waals surface area contributed by atoms with E-state index in [1.54, 1.807) is 0 Å². The maximum absolute atomic E-state index is 6.73. The maximum Gasteiger partial charge on any atom is 0.181 e. The Labute approximate surface area is 215 Å². The van der Waals surface area contributed by atoms with E-state index in [0.29, 0.717) is 0 Å². The van der Waals surface area contributed by atoms with Gasteiger partial charge in [0.15, 0.2) is 8.07 Å². The molecule has 6 aromatic rings. The Bertz CT molecular complexity index is 1720. The lowest BCUT2D eigenvalue weighted by Gasteiger charge is -2.32. The van der Waals surface area contributed by atoms with Gasteiger partial charge in [0.1, 0.15) is 0 Å². The molecule has 0 radical (unpaired) electrons. The van der Waals surface area contributed by atoms with Crippen LogP contribution in [0, 0.1) is 0 Å². The highest BCUT2D eigenvalue weighted by Gasteiger charge is 2.50. The number of rotatable bonds is 2. The molecule has 1 aliphatic heterocycles. The molecule has 3 heteroatoms. The predicted molar refractivity (Wildman–Crippen MR) is 154 cm³/mol. The minimum atomic E-state index is -2.68. The molecule has 1 aliphatic rings. The number of benzene rings is 6. The summed E-state index contributed by atoms with van der Waals surface area (Å²) in [6.45, 7) is 0. The van der Waals surface area contributed by atoms with E-state index in [4.69, 9.17) is 23.2 Å². The largest absolute Gasteiger partial charge is 0.181 e. The molecular formula is C32H20Cl2Si. The average molecular weight is 504 g/mol. The van der Waals surface area contributed by atoms with Gasteiger partial charge in [-0.05, 0) is 77.7 Å². The summed E-state index contributed by atoms with van der Waals surface area (Å²) in [7, 11) is -2.68. The van der Waals surface area contributed by atoms with Crippen molar-refractivity contribution in [2.75, 3.05) is 0 Å². The van der Waals surface area contributed by atoms with Crippen molar-refractivity contribution in [1.29, 1.82) is 0 Å². The van der Waals surface area contributed by atoms with Crippen molar-refractivity contribution in [3.05, 3.63) is 131 Å². The fourth-order valence-electron chi connectivity index (χ4n) is 6.15. The van der Waals surface area contributed by atoms with Gasteiger partial charge in [-0.3, -0.25) is 0 Å². The Balaban J connectivity index is 1.82. The van der Waals surface area contributed by atoms with Crippen molar-refractivity contribution in [2.24, 2.45) is 0 Å². The summed E-state index contributed by atoms with van der Waals surface area (Å²) in [5, 5.41) is 12.0. The standard InChI is InChI=1S/C32H20Cl2Si/c33-21-15-17-27-29(19-21)25-13-7-8-14-26(25)31-28-18-16-22(34)20-30(28)35(32(27)31,23-9-3-1-4-10-23)24-11-5-2-6-12-24/h1-20H. The lowest BCUT2D eigenvalue weighted by atomic mass is 9.93. The van der Waals surface area contributed by atoms with Gasteiger partial charge >= 0.3 is 0 Å². The van der Waals surface area contributed by atoms with Gasteiger partial charge in [0.2, 0.25) is 0 Å². The van der Waals surface area contributed by atoms with Crippen molar-refractivity contribution >= 4 is 73.6 Å². The van der Waals surface area contributed by atoms with Crippen LogP contribution in [0.2, 0.25) is 10.0 Å². The van der Waals surface area contributed by atoms with Gasteiger partial charge in [-0.1, -0.05) is 120 Å². The third-order valence-corrected chi connectivity index (χ3v) is 12.8. The highest BCUT2D eigenvalue weighted by atomic mass is 35.5. The topological polar surface area (TPSA) is 0 Å². The molecule has 0 saturated carbocycles. The van der Waals surface area contributed by atoms with Crippen molar-refractivity contribution in [1.82, 2.24) is 0 Å². The Morgan fingerprint density at radius 1 is 0.457 bits per heavy atom.